The highest BCUT2D eigenvalue weighted by atomic mass is 16.6. The minimum Gasteiger partial charge on any atom is -0.444 e. The van der Waals surface area contributed by atoms with Crippen molar-refractivity contribution in [2.45, 2.75) is 83.0 Å². The van der Waals surface area contributed by atoms with Crippen molar-refractivity contribution >= 4 is 12.2 Å². The van der Waals surface area contributed by atoms with E-state index < -0.39 is 11.7 Å². The average molecular weight is 378 g/mol. The first-order valence-corrected chi connectivity index (χ1v) is 10.8. The molecule has 27 heavy (non-hydrogen) atoms. The molecule has 6 rings (SSSR count). The van der Waals surface area contributed by atoms with Crippen molar-refractivity contribution in [2.75, 3.05) is 13.1 Å². The Morgan fingerprint density at radius 1 is 1.00 bits per heavy atom. The second-order valence-corrected chi connectivity index (χ2v) is 11.0. The molecule has 0 aromatic heterocycles. The Kier molecular flexibility index (Phi) is 3.70. The second kappa shape index (κ2) is 5.62. The van der Waals surface area contributed by atoms with E-state index in [0.717, 1.165) is 18.3 Å². The predicted molar refractivity (Wildman–Crippen MR) is 99.1 cm³/mol. The van der Waals surface area contributed by atoms with Crippen LogP contribution in [0.5, 0.6) is 0 Å². The van der Waals surface area contributed by atoms with Gasteiger partial charge in [-0.3, -0.25) is 4.90 Å². The number of carbonyl (C=O) groups is 2. The van der Waals surface area contributed by atoms with E-state index in [4.69, 9.17) is 4.74 Å². The zero-order valence-corrected chi connectivity index (χ0v) is 16.8. The van der Waals surface area contributed by atoms with Crippen molar-refractivity contribution in [3.63, 3.8) is 0 Å². The van der Waals surface area contributed by atoms with Crippen LogP contribution >= 0.6 is 0 Å². The average Bonchev–Trinajstić information content (AvgIpc) is 3.11. The van der Waals surface area contributed by atoms with Gasteiger partial charge in [0.1, 0.15) is 24.2 Å². The molecule has 6 heteroatoms. The summed E-state index contributed by atoms with van der Waals surface area (Å²) >= 11 is 0. The molecule has 3 atom stereocenters. The van der Waals surface area contributed by atoms with Crippen LogP contribution in [-0.4, -0.2) is 63.5 Å². The van der Waals surface area contributed by atoms with E-state index in [9.17, 15) is 14.7 Å². The number of ether oxygens (including phenoxy) is 1. The Morgan fingerprint density at radius 3 is 2.04 bits per heavy atom. The summed E-state index contributed by atoms with van der Waals surface area (Å²) in [6.45, 7) is 6.75. The summed E-state index contributed by atoms with van der Waals surface area (Å²) in [4.78, 5) is 27.1. The third-order valence-corrected chi connectivity index (χ3v) is 8.25. The maximum absolute atomic E-state index is 12.7. The fourth-order valence-corrected chi connectivity index (χ4v) is 7.82. The van der Waals surface area contributed by atoms with Crippen LogP contribution in [0.4, 0.5) is 9.59 Å². The number of piperazine rings is 1. The molecule has 0 aromatic rings. The number of carboxylic acid groups (broad SMARTS) is 1. The van der Waals surface area contributed by atoms with Crippen molar-refractivity contribution in [2.24, 2.45) is 23.7 Å². The van der Waals surface area contributed by atoms with Gasteiger partial charge in [-0.25, -0.2) is 9.28 Å². The van der Waals surface area contributed by atoms with Gasteiger partial charge in [-0.15, -0.1) is 0 Å². The fourth-order valence-electron chi connectivity index (χ4n) is 7.82. The Balaban J connectivity index is 1.40. The first-order valence-electron chi connectivity index (χ1n) is 10.8. The Bertz CT molecular complexity index is 644. The van der Waals surface area contributed by atoms with E-state index in [0.29, 0.717) is 24.9 Å². The zero-order chi connectivity index (χ0) is 19.1. The summed E-state index contributed by atoms with van der Waals surface area (Å²) in [5.74, 6) is 2.84. The summed E-state index contributed by atoms with van der Waals surface area (Å²) in [5.41, 5.74) is -0.515. The number of fused-ring (bicyclic) bond motifs is 2. The summed E-state index contributed by atoms with van der Waals surface area (Å²) in [6, 6.07) is 0.312. The van der Waals surface area contributed by atoms with Gasteiger partial charge in [0.05, 0.1) is 12.6 Å². The number of amides is 2. The number of likely N-dealkylation sites (tertiary alicyclic amines) is 2. The van der Waals surface area contributed by atoms with E-state index in [1.54, 1.807) is 0 Å². The van der Waals surface area contributed by atoms with Crippen LogP contribution in [0.3, 0.4) is 0 Å². The molecule has 0 spiro atoms. The molecule has 6 bridgehead atoms. The van der Waals surface area contributed by atoms with Crippen LogP contribution in [0.15, 0.2) is 0 Å². The van der Waals surface area contributed by atoms with Gasteiger partial charge in [0.15, 0.2) is 0 Å². The van der Waals surface area contributed by atoms with Crippen molar-refractivity contribution in [1.82, 2.24) is 4.90 Å². The minimum atomic E-state index is -0.649. The highest BCUT2D eigenvalue weighted by molar-refractivity contribution is 5.70. The molecule has 2 heterocycles. The van der Waals surface area contributed by atoms with E-state index in [1.807, 2.05) is 25.7 Å². The van der Waals surface area contributed by atoms with Gasteiger partial charge in [-0.1, -0.05) is 0 Å². The van der Waals surface area contributed by atoms with Gasteiger partial charge < -0.3 is 9.84 Å². The number of nitrogens with zero attached hydrogens (tertiary/aromatic N) is 2. The van der Waals surface area contributed by atoms with Crippen molar-refractivity contribution in [3.8, 4) is 0 Å². The third kappa shape index (κ3) is 2.55. The van der Waals surface area contributed by atoms with E-state index in [1.165, 1.54) is 32.1 Å². The normalized spacial score (nSPS) is 47.5. The molecule has 0 aromatic carbocycles. The zero-order valence-electron chi connectivity index (χ0n) is 16.8. The molecule has 4 aliphatic carbocycles. The van der Waals surface area contributed by atoms with E-state index in [-0.39, 0.29) is 28.7 Å². The van der Waals surface area contributed by atoms with Crippen molar-refractivity contribution < 1.29 is 23.9 Å². The maximum Gasteiger partial charge on any atom is 0.514 e. The Morgan fingerprint density at radius 2 is 1.59 bits per heavy atom. The Labute approximate surface area is 161 Å². The molecule has 2 amide bonds. The van der Waals surface area contributed by atoms with Crippen molar-refractivity contribution in [3.05, 3.63) is 0 Å². The molecule has 0 radical (unpaired) electrons. The van der Waals surface area contributed by atoms with Crippen LogP contribution in [0.25, 0.3) is 0 Å². The van der Waals surface area contributed by atoms with E-state index >= 15 is 0 Å². The summed E-state index contributed by atoms with van der Waals surface area (Å²) < 4.78 is 5.81. The summed E-state index contributed by atoms with van der Waals surface area (Å²) in [5, 5.41) is 10.4. The number of quaternary nitrogens is 1. The standard InChI is InChI=1S/C21H32N2O4/c1-21(2,3)27-19(24)22-10-17-9-16(22)11-23(17,20(25)26)18-14-5-12-4-13(7-14)8-15(18)6-12/h12-18H,4-11H2,1-3H3/p+1/t12?,13?,14?,15?,16-,17-,18?,23?/m0/s1. The van der Waals surface area contributed by atoms with Gasteiger partial charge in [0, 0.05) is 18.3 Å². The SMILES string of the molecule is CC(C)(C)OC(=O)N1C[C@@H]2C[C@H]1C[N+]2(C(=O)O)C1C2CC3CC(C2)CC1C3. The maximum atomic E-state index is 12.7. The quantitative estimate of drug-likeness (QED) is 0.708. The third-order valence-electron chi connectivity index (χ3n) is 8.25. The lowest BCUT2D eigenvalue weighted by Gasteiger charge is -2.59. The van der Waals surface area contributed by atoms with Crippen LogP contribution in [-0.2, 0) is 4.74 Å². The van der Waals surface area contributed by atoms with Gasteiger partial charge in [-0.05, 0) is 64.7 Å². The number of rotatable bonds is 1. The molecule has 6 nitrogen and oxygen atoms in total. The summed E-state index contributed by atoms with van der Waals surface area (Å²) in [6.07, 6.45) is 6.21. The van der Waals surface area contributed by atoms with Gasteiger partial charge in [0.25, 0.3) is 0 Å². The van der Waals surface area contributed by atoms with Gasteiger partial charge in [0.2, 0.25) is 0 Å². The smallest absolute Gasteiger partial charge is 0.444 e. The lowest BCUT2D eigenvalue weighted by atomic mass is 9.53. The Hall–Kier alpha value is -1.30. The second-order valence-electron chi connectivity index (χ2n) is 11.0. The molecule has 6 fully saturated rings. The van der Waals surface area contributed by atoms with Crippen LogP contribution in [0.2, 0.25) is 0 Å². The fraction of sp³-hybridized carbons (Fsp3) is 0.905. The van der Waals surface area contributed by atoms with E-state index in [2.05, 4.69) is 0 Å². The lowest BCUT2D eigenvalue weighted by molar-refractivity contribution is -0.908. The van der Waals surface area contributed by atoms with Crippen LogP contribution in [0, 0.1) is 23.7 Å². The predicted octanol–water partition coefficient (Wildman–Crippen LogP) is 3.70. The monoisotopic (exact) mass is 377 g/mol. The molecule has 2 aliphatic heterocycles. The molecule has 2 saturated heterocycles. The first-order chi connectivity index (χ1) is 12.7. The minimum absolute atomic E-state index is 0.0122. The first kappa shape index (κ1) is 17.8. The summed E-state index contributed by atoms with van der Waals surface area (Å²) in [7, 11) is 0. The lowest BCUT2D eigenvalue weighted by Crippen LogP contribution is -2.73. The van der Waals surface area contributed by atoms with Crippen molar-refractivity contribution in [1.29, 1.82) is 0 Å². The topological polar surface area (TPSA) is 66.8 Å². The highest BCUT2D eigenvalue weighted by Crippen LogP contribution is 2.58. The molecule has 1 unspecified atom stereocenters. The molecule has 150 valence electrons. The van der Waals surface area contributed by atoms with Crippen LogP contribution in [0.1, 0.15) is 59.3 Å². The molecule has 4 saturated carbocycles. The number of hydrogen-bond donors (Lipinski definition) is 1. The van der Waals surface area contributed by atoms with Gasteiger partial charge >= 0.3 is 12.2 Å². The highest BCUT2D eigenvalue weighted by Gasteiger charge is 2.68. The largest absolute Gasteiger partial charge is 0.514 e. The molecular weight excluding hydrogens is 344 g/mol. The molecule has 6 aliphatic rings. The van der Waals surface area contributed by atoms with Gasteiger partial charge in [-0.2, -0.15) is 4.79 Å². The molecular formula is C21H33N2O4+. The number of carbonyl (C=O) groups excluding carboxylic acids is 1. The van der Waals surface area contributed by atoms with Crippen LogP contribution < -0.4 is 0 Å². The number of hydrogen-bond acceptors (Lipinski definition) is 3. The molecule has 1 N–H and O–H groups in total.